The summed E-state index contributed by atoms with van der Waals surface area (Å²) >= 11 is 0. The molecule has 0 bridgehead atoms. The summed E-state index contributed by atoms with van der Waals surface area (Å²) in [7, 11) is 2.26. The first kappa shape index (κ1) is 19.2. The van der Waals surface area contributed by atoms with Crippen molar-refractivity contribution in [3.05, 3.63) is 59.7 Å². The fourth-order valence-electron chi connectivity index (χ4n) is 5.23. The van der Waals surface area contributed by atoms with Crippen molar-refractivity contribution in [3.8, 4) is 17.2 Å². The summed E-state index contributed by atoms with van der Waals surface area (Å²) in [5.41, 5.74) is 6.52. The molecular weight excluding hydrogens is 342 g/mol. The van der Waals surface area contributed by atoms with Crippen molar-refractivity contribution >= 4 is 0 Å². The molecule has 2 aromatic rings. The standard InChI is InChI=1S/C23H28N2.C2H3N/c1-24-13-11-23(12-14-24)16-25(17-23)22-10-8-20-15-19(7-9-21(20)22)18-5-3-2-4-6-18;1-2-3/h2-7,9,15,22H,8,10-14,16-17H2,1H3;1H3/t22-;/m1./s1. The Morgan fingerprint density at radius 1 is 1.00 bits per heavy atom. The van der Waals surface area contributed by atoms with Crippen LogP contribution >= 0.6 is 0 Å². The van der Waals surface area contributed by atoms with E-state index < -0.39 is 0 Å². The van der Waals surface area contributed by atoms with E-state index >= 15 is 0 Å². The molecule has 0 radical (unpaired) electrons. The highest BCUT2D eigenvalue weighted by Gasteiger charge is 2.47. The molecule has 0 saturated carbocycles. The van der Waals surface area contributed by atoms with Crippen LogP contribution in [0.25, 0.3) is 11.1 Å². The topological polar surface area (TPSA) is 30.3 Å². The number of aryl methyl sites for hydroxylation is 1. The molecule has 3 aliphatic rings. The minimum atomic E-state index is 0.638. The number of benzene rings is 2. The number of likely N-dealkylation sites (tertiary alicyclic amines) is 2. The second-order valence-electron chi connectivity index (χ2n) is 8.77. The van der Waals surface area contributed by atoms with Gasteiger partial charge in [0, 0.05) is 26.1 Å². The molecule has 0 unspecified atom stereocenters. The van der Waals surface area contributed by atoms with Crippen LogP contribution < -0.4 is 0 Å². The Morgan fingerprint density at radius 2 is 1.68 bits per heavy atom. The number of nitrogens with zero attached hydrogens (tertiary/aromatic N) is 3. The van der Waals surface area contributed by atoms with Crippen molar-refractivity contribution < 1.29 is 0 Å². The fourth-order valence-corrected chi connectivity index (χ4v) is 5.23. The second kappa shape index (κ2) is 8.07. The van der Waals surface area contributed by atoms with E-state index in [-0.39, 0.29) is 0 Å². The highest BCUT2D eigenvalue weighted by Crippen LogP contribution is 2.47. The zero-order valence-corrected chi connectivity index (χ0v) is 17.2. The maximum atomic E-state index is 7.32. The molecule has 1 spiro atoms. The molecule has 2 aliphatic heterocycles. The van der Waals surface area contributed by atoms with E-state index in [0.29, 0.717) is 11.5 Å². The fraction of sp³-hybridized carbons (Fsp3) is 0.480. The van der Waals surface area contributed by atoms with E-state index in [0.717, 1.165) is 0 Å². The van der Waals surface area contributed by atoms with Crippen LogP contribution in [0, 0.1) is 16.7 Å². The number of fused-ring (bicyclic) bond motifs is 1. The lowest BCUT2D eigenvalue weighted by Gasteiger charge is -2.56. The maximum Gasteiger partial charge on any atom is 0.0587 e. The molecule has 0 N–H and O–H groups in total. The first-order valence-electron chi connectivity index (χ1n) is 10.6. The van der Waals surface area contributed by atoms with Gasteiger partial charge in [0.25, 0.3) is 0 Å². The molecule has 28 heavy (non-hydrogen) atoms. The smallest absolute Gasteiger partial charge is 0.0587 e. The summed E-state index contributed by atoms with van der Waals surface area (Å²) in [6.07, 6.45) is 5.34. The van der Waals surface area contributed by atoms with Crippen molar-refractivity contribution in [2.45, 2.75) is 38.6 Å². The average Bonchev–Trinajstić information content (AvgIpc) is 3.11. The Bertz CT molecular complexity index is 836. The Morgan fingerprint density at radius 3 is 2.36 bits per heavy atom. The van der Waals surface area contributed by atoms with Crippen LogP contribution in [-0.4, -0.2) is 43.0 Å². The lowest BCUT2D eigenvalue weighted by Crippen LogP contribution is -2.60. The van der Waals surface area contributed by atoms with Crippen molar-refractivity contribution in [1.82, 2.24) is 9.80 Å². The van der Waals surface area contributed by atoms with E-state index in [1.807, 2.05) is 0 Å². The van der Waals surface area contributed by atoms with Gasteiger partial charge in [-0.25, -0.2) is 0 Å². The van der Waals surface area contributed by atoms with Gasteiger partial charge in [-0.15, -0.1) is 0 Å². The Hall–Kier alpha value is -2.15. The lowest BCUT2D eigenvalue weighted by molar-refractivity contribution is -0.0667. The molecule has 3 heteroatoms. The van der Waals surface area contributed by atoms with Crippen molar-refractivity contribution in [2.24, 2.45) is 5.41 Å². The highest BCUT2D eigenvalue weighted by molar-refractivity contribution is 5.65. The van der Waals surface area contributed by atoms with Crippen LogP contribution in [-0.2, 0) is 6.42 Å². The van der Waals surface area contributed by atoms with Crippen molar-refractivity contribution in [2.75, 3.05) is 33.2 Å². The predicted octanol–water partition coefficient (Wildman–Crippen LogP) is 4.90. The van der Waals surface area contributed by atoms with Crippen molar-refractivity contribution in [1.29, 1.82) is 5.26 Å². The largest absolute Gasteiger partial charge is 0.306 e. The van der Waals surface area contributed by atoms with Gasteiger partial charge in [-0.3, -0.25) is 4.90 Å². The zero-order chi connectivity index (χ0) is 19.6. The lowest BCUT2D eigenvalue weighted by atomic mass is 9.71. The normalized spacial score (nSPS) is 23.2. The number of hydrogen-bond donors (Lipinski definition) is 0. The molecule has 2 aromatic carbocycles. The SMILES string of the molecule is CC#N.CN1CCC2(CC1)CN([C@@H]1CCc3cc(-c4ccccc4)ccc31)C2. The first-order valence-corrected chi connectivity index (χ1v) is 10.6. The quantitative estimate of drug-likeness (QED) is 0.750. The molecule has 0 amide bonds. The predicted molar refractivity (Wildman–Crippen MR) is 115 cm³/mol. The van der Waals surface area contributed by atoms with Gasteiger partial charge in [0.05, 0.1) is 6.07 Å². The molecule has 146 valence electrons. The minimum absolute atomic E-state index is 0.638. The molecule has 2 saturated heterocycles. The first-order chi connectivity index (χ1) is 13.6. The molecule has 2 fully saturated rings. The summed E-state index contributed by atoms with van der Waals surface area (Å²) in [5.74, 6) is 0. The van der Waals surface area contributed by atoms with E-state index in [1.54, 1.807) is 17.2 Å². The van der Waals surface area contributed by atoms with Crippen molar-refractivity contribution in [3.63, 3.8) is 0 Å². The second-order valence-corrected chi connectivity index (χ2v) is 8.77. The third-order valence-corrected chi connectivity index (χ3v) is 6.86. The average molecular weight is 374 g/mol. The third kappa shape index (κ3) is 3.72. The van der Waals surface area contributed by atoms with E-state index in [2.05, 4.69) is 65.4 Å². The van der Waals surface area contributed by atoms with Crippen LogP contribution in [0.3, 0.4) is 0 Å². The maximum absolute atomic E-state index is 7.32. The van der Waals surface area contributed by atoms with Gasteiger partial charge in [-0.1, -0.05) is 48.5 Å². The van der Waals surface area contributed by atoms with Crippen LogP contribution in [0.2, 0.25) is 0 Å². The Kier molecular flexibility index (Phi) is 5.53. The number of nitriles is 1. The highest BCUT2D eigenvalue weighted by atomic mass is 15.3. The zero-order valence-electron chi connectivity index (χ0n) is 17.2. The summed E-state index contributed by atoms with van der Waals surface area (Å²) in [5, 5.41) is 7.32. The molecule has 3 nitrogen and oxygen atoms in total. The summed E-state index contributed by atoms with van der Waals surface area (Å²) in [6.45, 7) is 6.65. The molecule has 0 aromatic heterocycles. The number of rotatable bonds is 2. The molecule has 2 heterocycles. The van der Waals surface area contributed by atoms with Gasteiger partial charge in [0.1, 0.15) is 0 Å². The molecular formula is C25H31N3. The third-order valence-electron chi connectivity index (χ3n) is 6.86. The molecule has 1 atom stereocenters. The number of piperidine rings is 1. The number of hydrogen-bond acceptors (Lipinski definition) is 3. The van der Waals surface area contributed by atoms with Gasteiger partial charge in [-0.05, 0) is 73.5 Å². The van der Waals surface area contributed by atoms with Gasteiger partial charge in [0.2, 0.25) is 0 Å². The van der Waals surface area contributed by atoms with E-state index in [4.69, 9.17) is 5.26 Å². The van der Waals surface area contributed by atoms with Crippen LogP contribution in [0.5, 0.6) is 0 Å². The summed E-state index contributed by atoms with van der Waals surface area (Å²) in [4.78, 5) is 5.25. The molecule has 1 aliphatic carbocycles. The van der Waals surface area contributed by atoms with Gasteiger partial charge in [-0.2, -0.15) is 5.26 Å². The van der Waals surface area contributed by atoms with Crippen LogP contribution in [0.4, 0.5) is 0 Å². The van der Waals surface area contributed by atoms with Gasteiger partial charge >= 0.3 is 0 Å². The van der Waals surface area contributed by atoms with E-state index in [9.17, 15) is 0 Å². The summed E-state index contributed by atoms with van der Waals surface area (Å²) < 4.78 is 0. The van der Waals surface area contributed by atoms with Gasteiger partial charge in [0.15, 0.2) is 0 Å². The van der Waals surface area contributed by atoms with Gasteiger partial charge < -0.3 is 4.90 Å². The summed E-state index contributed by atoms with van der Waals surface area (Å²) in [6, 6.07) is 20.4. The van der Waals surface area contributed by atoms with Crippen LogP contribution in [0.1, 0.15) is 43.4 Å². The van der Waals surface area contributed by atoms with Crippen LogP contribution in [0.15, 0.2) is 48.5 Å². The van der Waals surface area contributed by atoms with E-state index in [1.165, 1.54) is 69.9 Å². The molecule has 5 rings (SSSR count). The Balaban J connectivity index is 0.000000604. The monoisotopic (exact) mass is 373 g/mol. The minimum Gasteiger partial charge on any atom is -0.306 e. The Labute approximate surface area is 169 Å².